The van der Waals surface area contributed by atoms with E-state index in [2.05, 4.69) is 24.3 Å². The first kappa shape index (κ1) is 11.0. The van der Waals surface area contributed by atoms with Gasteiger partial charge < -0.3 is 4.74 Å². The Kier molecular flexibility index (Phi) is 2.75. The molecule has 1 saturated carbocycles. The molecular weight excluding hydrogens is 212 g/mol. The zero-order valence-electron chi connectivity index (χ0n) is 10.0. The summed E-state index contributed by atoms with van der Waals surface area (Å²) in [6.07, 6.45) is 6.02. The van der Waals surface area contributed by atoms with Crippen molar-refractivity contribution in [3.05, 3.63) is 35.9 Å². The van der Waals surface area contributed by atoms with Crippen LogP contribution in [0, 0.1) is 0 Å². The van der Waals surface area contributed by atoms with Gasteiger partial charge in [0, 0.05) is 6.42 Å². The number of carbonyl (C=O) groups is 1. The van der Waals surface area contributed by atoms with E-state index in [1.54, 1.807) is 0 Å². The van der Waals surface area contributed by atoms with E-state index in [4.69, 9.17) is 4.74 Å². The quantitative estimate of drug-likeness (QED) is 0.744. The maximum atomic E-state index is 11.5. The average molecular weight is 230 g/mol. The van der Waals surface area contributed by atoms with Crippen molar-refractivity contribution in [2.24, 2.45) is 0 Å². The molecule has 2 atom stereocenters. The molecule has 2 aliphatic rings. The maximum absolute atomic E-state index is 11.5. The van der Waals surface area contributed by atoms with Gasteiger partial charge in [-0.25, -0.2) is 0 Å². The van der Waals surface area contributed by atoms with Crippen molar-refractivity contribution >= 4 is 5.78 Å². The maximum Gasteiger partial charge on any atom is 0.164 e. The van der Waals surface area contributed by atoms with Crippen molar-refractivity contribution in [1.82, 2.24) is 0 Å². The van der Waals surface area contributed by atoms with Crippen LogP contribution in [0.5, 0.6) is 0 Å². The Morgan fingerprint density at radius 2 is 2.12 bits per heavy atom. The lowest BCUT2D eigenvalue weighted by atomic mass is 9.84. The molecule has 1 aliphatic heterocycles. The minimum atomic E-state index is -0.0515. The van der Waals surface area contributed by atoms with Crippen LogP contribution in [0.4, 0.5) is 0 Å². The van der Waals surface area contributed by atoms with Crippen molar-refractivity contribution in [3.8, 4) is 0 Å². The fourth-order valence-electron chi connectivity index (χ4n) is 2.99. The summed E-state index contributed by atoms with van der Waals surface area (Å²) in [7, 11) is 0. The number of benzene rings is 1. The van der Waals surface area contributed by atoms with Crippen molar-refractivity contribution in [2.45, 2.75) is 50.2 Å². The molecule has 1 aromatic carbocycles. The van der Waals surface area contributed by atoms with Crippen LogP contribution < -0.4 is 0 Å². The highest BCUT2D eigenvalue weighted by molar-refractivity contribution is 5.87. The number of aryl methyl sites for hydroxylation is 1. The molecule has 0 radical (unpaired) electrons. The molecule has 90 valence electrons. The second-order valence-corrected chi connectivity index (χ2v) is 5.22. The van der Waals surface area contributed by atoms with Crippen LogP contribution in [-0.2, 0) is 16.0 Å². The molecular formula is C15H18O2. The lowest BCUT2D eigenvalue weighted by Crippen LogP contribution is -2.26. The van der Waals surface area contributed by atoms with E-state index in [9.17, 15) is 4.79 Å². The van der Waals surface area contributed by atoms with Crippen LogP contribution in [-0.4, -0.2) is 17.5 Å². The lowest BCUT2D eigenvalue weighted by Gasteiger charge is -2.16. The van der Waals surface area contributed by atoms with E-state index in [1.165, 1.54) is 5.56 Å². The van der Waals surface area contributed by atoms with E-state index >= 15 is 0 Å². The Morgan fingerprint density at radius 1 is 1.29 bits per heavy atom. The summed E-state index contributed by atoms with van der Waals surface area (Å²) in [6, 6.07) is 10.5. The summed E-state index contributed by atoms with van der Waals surface area (Å²) in [5.74, 6) is 0.330. The van der Waals surface area contributed by atoms with Gasteiger partial charge in [0.25, 0.3) is 0 Å². The molecule has 2 fully saturated rings. The van der Waals surface area contributed by atoms with Gasteiger partial charge in [-0.3, -0.25) is 4.79 Å². The van der Waals surface area contributed by atoms with Crippen LogP contribution in [0.1, 0.15) is 37.7 Å². The molecule has 0 N–H and O–H groups in total. The summed E-state index contributed by atoms with van der Waals surface area (Å²) >= 11 is 0. The monoisotopic (exact) mass is 230 g/mol. The molecule has 0 aromatic heterocycles. The third kappa shape index (κ3) is 2.14. The smallest absolute Gasteiger partial charge is 0.164 e. The topological polar surface area (TPSA) is 29.6 Å². The third-order valence-corrected chi connectivity index (χ3v) is 4.00. The first-order valence-corrected chi connectivity index (χ1v) is 6.55. The first-order valence-electron chi connectivity index (χ1n) is 6.55. The molecule has 2 nitrogen and oxygen atoms in total. The number of fused-ring (bicyclic) bond motifs is 1. The molecule has 0 amide bonds. The van der Waals surface area contributed by atoms with Gasteiger partial charge in [-0.1, -0.05) is 30.3 Å². The van der Waals surface area contributed by atoms with Gasteiger partial charge in [-0.05, 0) is 37.7 Å². The molecule has 17 heavy (non-hydrogen) atoms. The number of hydrogen-bond donors (Lipinski definition) is 0. The lowest BCUT2D eigenvalue weighted by molar-refractivity contribution is -0.120. The molecule has 1 aromatic rings. The summed E-state index contributed by atoms with van der Waals surface area (Å²) in [4.78, 5) is 11.5. The standard InChI is InChI=1S/C15H18O2/c16-13-9-5-11-15(14(13)17-15)10-4-8-12-6-2-1-3-7-12/h1-3,6-7,14H,4-5,8-11H2. The molecule has 1 saturated heterocycles. The van der Waals surface area contributed by atoms with Gasteiger partial charge in [-0.15, -0.1) is 0 Å². The third-order valence-electron chi connectivity index (χ3n) is 4.00. The van der Waals surface area contributed by atoms with Gasteiger partial charge in [-0.2, -0.15) is 0 Å². The number of ketones is 1. The fraction of sp³-hybridized carbons (Fsp3) is 0.533. The summed E-state index contributed by atoms with van der Waals surface area (Å²) in [6.45, 7) is 0. The number of epoxide rings is 1. The Bertz CT molecular complexity index is 412. The van der Waals surface area contributed by atoms with Crippen LogP contribution in [0.3, 0.4) is 0 Å². The second-order valence-electron chi connectivity index (χ2n) is 5.22. The zero-order chi connectivity index (χ0) is 11.7. The molecule has 0 spiro atoms. The van der Waals surface area contributed by atoms with Gasteiger partial charge in [0.2, 0.25) is 0 Å². The number of ether oxygens (including phenoxy) is 1. The van der Waals surface area contributed by atoms with Crippen molar-refractivity contribution in [1.29, 1.82) is 0 Å². The van der Waals surface area contributed by atoms with E-state index in [1.807, 2.05) is 6.07 Å². The zero-order valence-corrected chi connectivity index (χ0v) is 10.0. The normalized spacial score (nSPS) is 31.1. The van der Waals surface area contributed by atoms with Crippen LogP contribution in [0.15, 0.2) is 30.3 Å². The number of rotatable bonds is 4. The van der Waals surface area contributed by atoms with Crippen molar-refractivity contribution in [2.75, 3.05) is 0 Å². The van der Waals surface area contributed by atoms with E-state index in [0.717, 1.165) is 38.5 Å². The van der Waals surface area contributed by atoms with Crippen LogP contribution >= 0.6 is 0 Å². The summed E-state index contributed by atoms with van der Waals surface area (Å²) in [5.41, 5.74) is 1.33. The fourth-order valence-corrected chi connectivity index (χ4v) is 2.99. The highest BCUT2D eigenvalue weighted by atomic mass is 16.6. The molecule has 2 unspecified atom stereocenters. The van der Waals surface area contributed by atoms with Gasteiger partial charge in [0.05, 0.1) is 0 Å². The summed E-state index contributed by atoms with van der Waals surface area (Å²) < 4.78 is 5.67. The highest BCUT2D eigenvalue weighted by Crippen LogP contribution is 2.49. The Labute approximate surface area is 102 Å². The SMILES string of the molecule is O=C1CCCC2(CCCc3ccccc3)OC12. The Morgan fingerprint density at radius 3 is 2.94 bits per heavy atom. The number of carbonyl (C=O) groups excluding carboxylic acids is 1. The number of Topliss-reactive ketones (excluding diaryl/α,β-unsaturated/α-hetero) is 1. The van der Waals surface area contributed by atoms with Gasteiger partial charge >= 0.3 is 0 Å². The van der Waals surface area contributed by atoms with Crippen LogP contribution in [0.2, 0.25) is 0 Å². The largest absolute Gasteiger partial charge is 0.358 e. The van der Waals surface area contributed by atoms with Crippen LogP contribution in [0.25, 0.3) is 0 Å². The minimum absolute atomic E-state index is 0.0491. The molecule has 1 heterocycles. The predicted octanol–water partition coefficient (Wildman–Crippen LogP) is 2.90. The molecule has 3 rings (SSSR count). The van der Waals surface area contributed by atoms with E-state index < -0.39 is 0 Å². The Balaban J connectivity index is 1.51. The van der Waals surface area contributed by atoms with Crippen molar-refractivity contribution < 1.29 is 9.53 Å². The average Bonchev–Trinajstić information content (AvgIpc) is 3.07. The molecule has 2 heteroatoms. The summed E-state index contributed by atoms with van der Waals surface area (Å²) in [5, 5.41) is 0. The highest BCUT2D eigenvalue weighted by Gasteiger charge is 2.60. The number of hydrogen-bond acceptors (Lipinski definition) is 2. The Hall–Kier alpha value is -1.15. The molecule has 1 aliphatic carbocycles. The van der Waals surface area contributed by atoms with Gasteiger partial charge in [0.15, 0.2) is 5.78 Å². The first-order chi connectivity index (χ1) is 8.30. The molecule has 0 bridgehead atoms. The minimum Gasteiger partial charge on any atom is -0.358 e. The van der Waals surface area contributed by atoms with Gasteiger partial charge in [0.1, 0.15) is 11.7 Å². The predicted molar refractivity (Wildman–Crippen MR) is 65.8 cm³/mol. The van der Waals surface area contributed by atoms with E-state index in [-0.39, 0.29) is 11.7 Å². The van der Waals surface area contributed by atoms with Crippen molar-refractivity contribution in [3.63, 3.8) is 0 Å². The second kappa shape index (κ2) is 4.26. The van der Waals surface area contributed by atoms with E-state index in [0.29, 0.717) is 5.78 Å².